The Morgan fingerprint density at radius 2 is 0.775 bits per heavy atom. The highest BCUT2D eigenvalue weighted by atomic mass is 16.6. The molecule has 1 saturated carbocycles. The number of anilines is 3. The molecule has 2 N–H and O–H groups in total. The Morgan fingerprint density at radius 1 is 0.432 bits per heavy atom. The van der Waals surface area contributed by atoms with Gasteiger partial charge in [0, 0.05) is 83.3 Å². The molecule has 26 nitrogen and oxygen atoms in total. The van der Waals surface area contributed by atoms with Gasteiger partial charge in [-0.25, -0.2) is 52.7 Å². The number of ether oxygens (including phenoxy) is 12. The number of benzene rings is 4. The first-order valence-electron chi connectivity index (χ1n) is 35.0. The molecule has 0 bridgehead atoms. The van der Waals surface area contributed by atoms with E-state index in [2.05, 4.69) is 130 Å². The maximum Gasteiger partial charge on any atom is 0.407 e. The predicted octanol–water partition coefficient (Wildman–Crippen LogP) is 13.5. The first-order chi connectivity index (χ1) is 52.6. The van der Waals surface area contributed by atoms with Crippen molar-refractivity contribution in [3.8, 4) is 16.9 Å². The Hall–Kier alpha value is -12.2. The Kier molecular flexibility index (Phi) is 39.3. The van der Waals surface area contributed by atoms with Gasteiger partial charge < -0.3 is 72.4 Å². The molecule has 2 amide bonds. The molecular formula is C85H103N3O23. The zero-order chi connectivity index (χ0) is 82.8. The first kappa shape index (κ1) is 93.0. The van der Waals surface area contributed by atoms with Crippen LogP contribution in [0.3, 0.4) is 0 Å². The van der Waals surface area contributed by atoms with Crippen LogP contribution in [0.2, 0.25) is 0 Å². The molecule has 4 aromatic carbocycles. The zero-order valence-corrected chi connectivity index (χ0v) is 64.4. The van der Waals surface area contributed by atoms with Crippen molar-refractivity contribution in [1.82, 2.24) is 10.6 Å². The summed E-state index contributed by atoms with van der Waals surface area (Å²) >= 11 is 0. The summed E-state index contributed by atoms with van der Waals surface area (Å²) in [6.07, 6.45) is 6.80. The Balaban J connectivity index is 0.000000495. The Bertz CT molecular complexity index is 3750. The van der Waals surface area contributed by atoms with Crippen molar-refractivity contribution in [3.05, 3.63) is 234 Å². The molecule has 596 valence electrons. The highest BCUT2D eigenvalue weighted by Crippen LogP contribution is 2.46. The average molecular weight is 1530 g/mol. The number of esters is 9. The average Bonchev–Trinajstić information content (AvgIpc) is 0.801. The van der Waals surface area contributed by atoms with Crippen molar-refractivity contribution in [2.24, 2.45) is 27.1 Å². The molecule has 5 rings (SSSR count). The van der Waals surface area contributed by atoms with E-state index in [9.17, 15) is 52.7 Å². The quantitative estimate of drug-likeness (QED) is 0.0137. The van der Waals surface area contributed by atoms with Gasteiger partial charge in [0.05, 0.1) is 18.6 Å². The van der Waals surface area contributed by atoms with Crippen molar-refractivity contribution < 1.29 is 110 Å². The second-order valence-electron chi connectivity index (χ2n) is 27.5. The highest BCUT2D eigenvalue weighted by molar-refractivity contribution is 5.88. The van der Waals surface area contributed by atoms with Crippen LogP contribution < -0.4 is 20.3 Å². The number of hydrogen-bond donors (Lipinski definition) is 2. The van der Waals surface area contributed by atoms with Crippen molar-refractivity contribution in [1.29, 1.82) is 0 Å². The number of carbonyl (C=O) groups excluding carboxylic acids is 11. The molecule has 1 fully saturated rings. The lowest BCUT2D eigenvalue weighted by atomic mass is 9.62. The van der Waals surface area contributed by atoms with Crippen molar-refractivity contribution in [2.75, 3.05) is 90.7 Å². The molecule has 0 aliphatic heterocycles. The number of rotatable bonds is 42. The monoisotopic (exact) mass is 1530 g/mol. The van der Waals surface area contributed by atoms with E-state index in [4.69, 9.17) is 56.8 Å². The van der Waals surface area contributed by atoms with Crippen LogP contribution in [-0.2, 0) is 95.3 Å². The highest BCUT2D eigenvalue weighted by Gasteiger charge is 2.44. The maximum atomic E-state index is 13.2. The normalized spacial score (nSPS) is 13.8. The molecule has 4 aromatic rings. The molecule has 0 saturated heterocycles. The van der Waals surface area contributed by atoms with E-state index in [0.717, 1.165) is 76.3 Å². The van der Waals surface area contributed by atoms with E-state index in [1.54, 1.807) is 26.0 Å². The summed E-state index contributed by atoms with van der Waals surface area (Å²) in [6, 6.07) is 36.0. The fourth-order valence-electron chi connectivity index (χ4n) is 10.9. The standard InChI is InChI=1S/C40H54N2O16.C27H21NO2.C18H28O5/c1-10-29(43)51-20-39(21-52-30(44)11-2,22-53-31(45)12-3)26-57-35(49)41-19-38(9)17-28(16-37(7,8)18-38)42-36(50)58-27-40(23-54-32(46)13-4,24-55-33(47)14-5)25-56-34(48)15-6;1-2-27(29)30-26-19-15-22(16-20-26)21-13-17-25(18-14-21)28(23-9-5-3-6-10-23)24-11-7-4-8-12-24;1-8-18(10-21-9-13(2)3,11-22-16(19)14(4)5)12-23-17(20)15(6)7/h10-15,28H,1-6,16-27H2,7-9H3,(H,41,49)(H,42,50);2-20H,1H2;2,4,6,8-12H2,1,3,5,7H3. The van der Waals surface area contributed by atoms with E-state index in [1.165, 1.54) is 0 Å². The third-order valence-corrected chi connectivity index (χ3v) is 16.5. The lowest BCUT2D eigenvalue weighted by Crippen LogP contribution is -2.51. The van der Waals surface area contributed by atoms with Gasteiger partial charge in [-0.2, -0.15) is 0 Å². The van der Waals surface area contributed by atoms with Crippen LogP contribution in [0, 0.1) is 27.1 Å². The van der Waals surface area contributed by atoms with Crippen molar-refractivity contribution in [3.63, 3.8) is 0 Å². The van der Waals surface area contributed by atoms with Crippen molar-refractivity contribution >= 4 is 83.0 Å². The summed E-state index contributed by atoms with van der Waals surface area (Å²) in [5.74, 6) is -5.94. The molecule has 111 heavy (non-hydrogen) atoms. The summed E-state index contributed by atoms with van der Waals surface area (Å²) in [5.41, 5.74) is 2.26. The third-order valence-electron chi connectivity index (χ3n) is 16.5. The molecule has 26 heteroatoms. The smallest absolute Gasteiger partial charge is 0.407 e. The van der Waals surface area contributed by atoms with Crippen LogP contribution in [0.25, 0.3) is 11.1 Å². The number of nitrogens with zero attached hydrogens (tertiary/aromatic N) is 1. The van der Waals surface area contributed by atoms with Crippen LogP contribution in [0.15, 0.2) is 234 Å². The second-order valence-corrected chi connectivity index (χ2v) is 27.5. The molecule has 1 aliphatic carbocycles. The van der Waals surface area contributed by atoms with Gasteiger partial charge in [0.1, 0.15) is 82.6 Å². The summed E-state index contributed by atoms with van der Waals surface area (Å²) in [5, 5.41) is 5.54. The summed E-state index contributed by atoms with van der Waals surface area (Å²) in [6.45, 7) is 43.9. The lowest BCUT2D eigenvalue weighted by Gasteiger charge is -2.46. The van der Waals surface area contributed by atoms with Gasteiger partial charge in [0.2, 0.25) is 0 Å². The minimum Gasteiger partial charge on any atom is -0.462 e. The van der Waals surface area contributed by atoms with Crippen LogP contribution in [0.4, 0.5) is 26.7 Å². The number of carbonyl (C=O) groups is 11. The fraction of sp³-hybridized carbons (Fsp3) is 0.353. The second kappa shape index (κ2) is 46.9. The number of hydrogen-bond acceptors (Lipinski definition) is 24. The van der Waals surface area contributed by atoms with E-state index in [1.807, 2.05) is 83.1 Å². The van der Waals surface area contributed by atoms with Crippen LogP contribution in [0.5, 0.6) is 5.75 Å². The van der Waals surface area contributed by atoms with Gasteiger partial charge in [0.25, 0.3) is 0 Å². The number of nitrogens with one attached hydrogen (secondary N) is 2. The van der Waals surface area contributed by atoms with E-state index in [0.29, 0.717) is 49.2 Å². The zero-order valence-electron chi connectivity index (χ0n) is 64.4. The SMILES string of the molecule is C=C(C)COCC(CC)(COC(=O)C(=C)C)COC(=O)C(=C)C.C=CC(=O)OCC(COC(=O)C=C)(COC(=O)C=C)COC(=O)NCC1(C)CC(NC(=O)OCC(COC(=O)C=C)(COC(=O)C=C)COC(=O)C=C)CC(C)(C)C1.C=CC(=O)Oc1ccc(-c2ccc(N(c3ccccc3)c3ccccc3)cc2)cc1. The summed E-state index contributed by atoms with van der Waals surface area (Å²) in [4.78, 5) is 135. The van der Waals surface area contributed by atoms with Gasteiger partial charge >= 0.3 is 65.9 Å². The number of alkyl carbamates (subject to hydrolysis) is 2. The largest absolute Gasteiger partial charge is 0.462 e. The van der Waals surface area contributed by atoms with Gasteiger partial charge in [-0.3, -0.25) is 0 Å². The predicted molar refractivity (Wildman–Crippen MR) is 417 cm³/mol. The van der Waals surface area contributed by atoms with Gasteiger partial charge in [-0.05, 0) is 117 Å². The molecule has 2 unspecified atom stereocenters. The Morgan fingerprint density at radius 3 is 1.13 bits per heavy atom. The van der Waals surface area contributed by atoms with Gasteiger partial charge in [0.15, 0.2) is 0 Å². The minimum absolute atomic E-state index is 0.0684. The van der Waals surface area contributed by atoms with E-state index < -0.39 is 146 Å². The first-order valence-corrected chi connectivity index (χ1v) is 35.0. The molecule has 0 radical (unpaired) electrons. The topological polar surface area (TPSA) is 326 Å². The number of amides is 2. The van der Waals surface area contributed by atoms with Crippen LogP contribution in [0.1, 0.15) is 74.1 Å². The van der Waals surface area contributed by atoms with Gasteiger partial charge in [-0.1, -0.05) is 160 Å². The third kappa shape index (κ3) is 34.3. The maximum absolute atomic E-state index is 13.2. The van der Waals surface area contributed by atoms with Crippen LogP contribution >= 0.6 is 0 Å². The summed E-state index contributed by atoms with van der Waals surface area (Å²) < 4.78 is 63.2. The molecule has 0 aromatic heterocycles. The number of para-hydroxylation sites is 2. The van der Waals surface area contributed by atoms with Crippen LogP contribution in [-0.4, -0.2) is 158 Å². The lowest BCUT2D eigenvalue weighted by molar-refractivity contribution is -0.161. The van der Waals surface area contributed by atoms with E-state index >= 15 is 0 Å². The molecule has 0 spiro atoms. The molecule has 0 heterocycles. The molecule has 2 atom stereocenters. The Labute approximate surface area is 649 Å². The fourth-order valence-corrected chi connectivity index (χ4v) is 10.9. The van der Waals surface area contributed by atoms with Crippen molar-refractivity contribution in [2.45, 2.75) is 80.2 Å². The van der Waals surface area contributed by atoms with E-state index in [-0.39, 0.29) is 31.8 Å². The summed E-state index contributed by atoms with van der Waals surface area (Å²) in [7, 11) is 0. The molecule has 1 aliphatic rings. The molecular weight excluding hydrogens is 1430 g/mol. The van der Waals surface area contributed by atoms with Gasteiger partial charge in [-0.15, -0.1) is 0 Å². The minimum atomic E-state index is -1.54.